The highest BCUT2D eigenvalue weighted by molar-refractivity contribution is 5.95. The Balaban J connectivity index is 2.36. The van der Waals surface area contributed by atoms with Gasteiger partial charge in [-0.15, -0.1) is 6.58 Å². The summed E-state index contributed by atoms with van der Waals surface area (Å²) in [4.78, 5) is 0. The van der Waals surface area contributed by atoms with Crippen molar-refractivity contribution in [2.75, 3.05) is 0 Å². The molecule has 3 rings (SSSR count). The number of phenols is 1. The van der Waals surface area contributed by atoms with Crippen molar-refractivity contribution in [1.29, 1.82) is 0 Å². The van der Waals surface area contributed by atoms with E-state index in [1.807, 2.05) is 30.3 Å². The molecule has 0 fully saturated rings. The summed E-state index contributed by atoms with van der Waals surface area (Å²) in [6.45, 7) is 3.77. The van der Waals surface area contributed by atoms with Crippen molar-refractivity contribution in [3.05, 3.63) is 54.6 Å². The predicted octanol–water partition coefficient (Wildman–Crippen LogP) is 3.06. The molecule has 1 heterocycles. The number of nitrogens with one attached hydrogen (secondary N) is 1. The van der Waals surface area contributed by atoms with Crippen molar-refractivity contribution in [3.8, 4) is 16.9 Å². The fourth-order valence-corrected chi connectivity index (χ4v) is 2.27. The molecular formula is C15H13N3O. The van der Waals surface area contributed by atoms with Gasteiger partial charge in [-0.1, -0.05) is 30.3 Å². The van der Waals surface area contributed by atoms with Gasteiger partial charge in [-0.3, -0.25) is 0 Å². The van der Waals surface area contributed by atoms with Crippen LogP contribution in [0.5, 0.6) is 5.75 Å². The molecular weight excluding hydrogens is 238 g/mol. The van der Waals surface area contributed by atoms with Crippen LogP contribution in [0.3, 0.4) is 0 Å². The largest absolute Gasteiger partial charge is 0.507 e. The lowest BCUT2D eigenvalue weighted by atomic mass is 9.95. The van der Waals surface area contributed by atoms with Gasteiger partial charge in [0.25, 0.3) is 0 Å². The SMILES string of the molecule is C=CCc1ccc2n[nH]nc2c1-c1ccccc1O. The van der Waals surface area contributed by atoms with Gasteiger partial charge in [0.2, 0.25) is 0 Å². The number of rotatable bonds is 3. The van der Waals surface area contributed by atoms with Gasteiger partial charge < -0.3 is 5.11 Å². The number of aromatic nitrogens is 3. The van der Waals surface area contributed by atoms with Crippen LogP contribution >= 0.6 is 0 Å². The van der Waals surface area contributed by atoms with Gasteiger partial charge in [-0.2, -0.15) is 15.4 Å². The first-order valence-electron chi connectivity index (χ1n) is 6.03. The Morgan fingerprint density at radius 2 is 2.00 bits per heavy atom. The zero-order valence-corrected chi connectivity index (χ0v) is 10.3. The number of allylic oxidation sites excluding steroid dienone is 1. The topological polar surface area (TPSA) is 61.8 Å². The average Bonchev–Trinajstić information content (AvgIpc) is 2.88. The summed E-state index contributed by atoms with van der Waals surface area (Å²) < 4.78 is 0. The highest BCUT2D eigenvalue weighted by Crippen LogP contribution is 2.35. The maximum Gasteiger partial charge on any atom is 0.123 e. The molecule has 0 saturated heterocycles. The van der Waals surface area contributed by atoms with E-state index < -0.39 is 0 Å². The number of aromatic amines is 1. The van der Waals surface area contributed by atoms with Crippen molar-refractivity contribution >= 4 is 11.0 Å². The standard InChI is InChI=1S/C15H13N3O/c1-2-5-10-8-9-12-15(17-18-16-12)14(10)11-6-3-4-7-13(11)19/h2-4,6-9,19H,1,5H2,(H,16,17,18). The zero-order chi connectivity index (χ0) is 13.2. The second kappa shape index (κ2) is 4.57. The first-order chi connectivity index (χ1) is 9.31. The van der Waals surface area contributed by atoms with Crippen LogP contribution < -0.4 is 0 Å². The van der Waals surface area contributed by atoms with E-state index in [9.17, 15) is 5.11 Å². The van der Waals surface area contributed by atoms with Crippen LogP contribution in [0.25, 0.3) is 22.2 Å². The minimum atomic E-state index is 0.239. The van der Waals surface area contributed by atoms with Gasteiger partial charge in [0, 0.05) is 11.1 Å². The van der Waals surface area contributed by atoms with Crippen molar-refractivity contribution in [1.82, 2.24) is 15.4 Å². The molecule has 19 heavy (non-hydrogen) atoms. The number of phenolic OH excluding ortho intramolecular Hbond substituents is 1. The molecule has 3 aromatic rings. The second-order valence-corrected chi connectivity index (χ2v) is 4.30. The van der Waals surface area contributed by atoms with E-state index in [1.165, 1.54) is 0 Å². The summed E-state index contributed by atoms with van der Waals surface area (Å²) in [6.07, 6.45) is 2.55. The molecule has 0 spiro atoms. The maximum absolute atomic E-state index is 10.1. The molecule has 2 aromatic carbocycles. The highest BCUT2D eigenvalue weighted by atomic mass is 16.3. The molecule has 0 atom stereocenters. The van der Waals surface area contributed by atoms with Crippen LogP contribution in [0.15, 0.2) is 49.1 Å². The second-order valence-electron chi connectivity index (χ2n) is 4.30. The number of aromatic hydroxyl groups is 1. The van der Waals surface area contributed by atoms with E-state index in [0.29, 0.717) is 6.42 Å². The first kappa shape index (κ1) is 11.5. The first-order valence-corrected chi connectivity index (χ1v) is 6.03. The number of para-hydroxylation sites is 1. The smallest absolute Gasteiger partial charge is 0.123 e. The average molecular weight is 251 g/mol. The Kier molecular flexibility index (Phi) is 2.76. The Labute approximate surface area is 110 Å². The van der Waals surface area contributed by atoms with E-state index in [1.54, 1.807) is 12.1 Å². The lowest BCUT2D eigenvalue weighted by Crippen LogP contribution is -1.91. The fourth-order valence-electron chi connectivity index (χ4n) is 2.27. The molecule has 4 heteroatoms. The van der Waals surface area contributed by atoms with Crippen molar-refractivity contribution < 1.29 is 5.11 Å². The van der Waals surface area contributed by atoms with Gasteiger partial charge in [0.05, 0.1) is 0 Å². The maximum atomic E-state index is 10.1. The van der Waals surface area contributed by atoms with Gasteiger partial charge in [-0.05, 0) is 24.1 Å². The van der Waals surface area contributed by atoms with Gasteiger partial charge in [-0.25, -0.2) is 0 Å². The molecule has 0 unspecified atom stereocenters. The molecule has 0 aliphatic heterocycles. The van der Waals surface area contributed by atoms with Crippen LogP contribution in [0.1, 0.15) is 5.56 Å². The molecule has 1 aromatic heterocycles. The van der Waals surface area contributed by atoms with Gasteiger partial charge >= 0.3 is 0 Å². The third-order valence-electron chi connectivity index (χ3n) is 3.11. The molecule has 4 nitrogen and oxygen atoms in total. The van der Waals surface area contributed by atoms with Crippen molar-refractivity contribution in [3.63, 3.8) is 0 Å². The van der Waals surface area contributed by atoms with Crippen LogP contribution in [-0.4, -0.2) is 20.5 Å². The predicted molar refractivity (Wildman–Crippen MR) is 74.9 cm³/mol. The van der Waals surface area contributed by atoms with Crippen LogP contribution in [-0.2, 0) is 6.42 Å². The number of hydrogen-bond acceptors (Lipinski definition) is 3. The van der Waals surface area contributed by atoms with Crippen molar-refractivity contribution in [2.45, 2.75) is 6.42 Å². The third kappa shape index (κ3) is 1.87. The molecule has 0 radical (unpaired) electrons. The molecule has 0 saturated carbocycles. The summed E-state index contributed by atoms with van der Waals surface area (Å²) in [7, 11) is 0. The summed E-state index contributed by atoms with van der Waals surface area (Å²) >= 11 is 0. The molecule has 0 aliphatic carbocycles. The lowest BCUT2D eigenvalue weighted by Gasteiger charge is -2.10. The minimum Gasteiger partial charge on any atom is -0.507 e. The van der Waals surface area contributed by atoms with E-state index in [0.717, 1.165) is 27.7 Å². The highest BCUT2D eigenvalue weighted by Gasteiger charge is 2.14. The number of fused-ring (bicyclic) bond motifs is 1. The summed E-state index contributed by atoms with van der Waals surface area (Å²) in [5.74, 6) is 0.239. The summed E-state index contributed by atoms with van der Waals surface area (Å²) in [5, 5.41) is 21.0. The van der Waals surface area contributed by atoms with Crippen molar-refractivity contribution in [2.24, 2.45) is 0 Å². The van der Waals surface area contributed by atoms with Crippen LogP contribution in [0.2, 0.25) is 0 Å². The Morgan fingerprint density at radius 3 is 2.79 bits per heavy atom. The minimum absolute atomic E-state index is 0.239. The number of hydrogen-bond donors (Lipinski definition) is 2. The number of benzene rings is 2. The Morgan fingerprint density at radius 1 is 1.16 bits per heavy atom. The fraction of sp³-hybridized carbons (Fsp3) is 0.0667. The van der Waals surface area contributed by atoms with E-state index >= 15 is 0 Å². The molecule has 94 valence electrons. The lowest BCUT2D eigenvalue weighted by molar-refractivity contribution is 0.477. The van der Waals surface area contributed by atoms with E-state index in [4.69, 9.17) is 0 Å². The number of nitrogens with zero attached hydrogens (tertiary/aromatic N) is 2. The molecule has 2 N–H and O–H groups in total. The zero-order valence-electron chi connectivity index (χ0n) is 10.3. The van der Waals surface area contributed by atoms with Crippen LogP contribution in [0, 0.1) is 0 Å². The summed E-state index contributed by atoms with van der Waals surface area (Å²) in [6, 6.07) is 11.2. The number of H-pyrrole nitrogens is 1. The monoisotopic (exact) mass is 251 g/mol. The van der Waals surface area contributed by atoms with E-state index in [2.05, 4.69) is 22.0 Å². The van der Waals surface area contributed by atoms with E-state index in [-0.39, 0.29) is 5.75 Å². The van der Waals surface area contributed by atoms with Gasteiger partial charge in [0.15, 0.2) is 0 Å². The normalized spacial score (nSPS) is 10.7. The third-order valence-corrected chi connectivity index (χ3v) is 3.11. The Bertz CT molecular complexity index is 746. The quantitative estimate of drug-likeness (QED) is 0.703. The molecule has 0 bridgehead atoms. The Hall–Kier alpha value is -2.62. The van der Waals surface area contributed by atoms with Gasteiger partial charge in [0.1, 0.15) is 16.8 Å². The van der Waals surface area contributed by atoms with Crippen LogP contribution in [0.4, 0.5) is 0 Å². The molecule has 0 amide bonds. The molecule has 0 aliphatic rings. The summed E-state index contributed by atoms with van der Waals surface area (Å²) in [5.41, 5.74) is 4.29.